The molecule has 0 aliphatic carbocycles. The lowest BCUT2D eigenvalue weighted by atomic mass is 10.1. The predicted octanol–water partition coefficient (Wildman–Crippen LogP) is 4.57. The summed E-state index contributed by atoms with van der Waals surface area (Å²) in [5, 5.41) is 3.41. The van der Waals surface area contributed by atoms with E-state index in [0.29, 0.717) is 16.8 Å². The molecule has 2 aromatic rings. The van der Waals surface area contributed by atoms with Crippen LogP contribution in [-0.4, -0.2) is 0 Å². The zero-order valence-electron chi connectivity index (χ0n) is 8.64. The van der Waals surface area contributed by atoms with Crippen molar-refractivity contribution >= 4 is 5.69 Å². The highest BCUT2D eigenvalue weighted by Crippen LogP contribution is 2.24. The Labute approximate surface area is 96.0 Å². The minimum absolute atomic E-state index is 0.440. The van der Waals surface area contributed by atoms with Gasteiger partial charge in [-0.05, 0) is 28.8 Å². The molecule has 5 heteroatoms. The molecule has 0 N–H and O–H groups in total. The fourth-order valence-corrected chi connectivity index (χ4v) is 1.49. The number of halogens is 2. The van der Waals surface area contributed by atoms with Crippen LogP contribution in [0.4, 0.5) is 14.5 Å². The van der Waals surface area contributed by atoms with Gasteiger partial charge in [0.25, 0.3) is 0 Å². The summed E-state index contributed by atoms with van der Waals surface area (Å²) in [6.45, 7) is 0. The molecule has 84 valence electrons. The summed E-state index contributed by atoms with van der Waals surface area (Å²) in [4.78, 5) is 2.64. The maximum Gasteiger partial charge on any atom is 0.126 e. The molecule has 0 amide bonds. The normalized spacial score (nSPS) is 9.76. The lowest BCUT2D eigenvalue weighted by molar-refractivity contribution is 0.584. The zero-order valence-corrected chi connectivity index (χ0v) is 8.64. The van der Waals surface area contributed by atoms with E-state index >= 15 is 0 Å². The first-order valence-corrected chi connectivity index (χ1v) is 4.80. The predicted molar refractivity (Wildman–Crippen MR) is 60.6 cm³/mol. The minimum Gasteiger partial charge on any atom is -0.207 e. The summed E-state index contributed by atoms with van der Waals surface area (Å²) < 4.78 is 26.0. The van der Waals surface area contributed by atoms with Crippen molar-refractivity contribution in [1.82, 2.24) is 0 Å². The Morgan fingerprint density at radius 1 is 0.882 bits per heavy atom. The average Bonchev–Trinajstić information content (AvgIpc) is 2.29. The molecule has 0 aromatic heterocycles. The highest BCUT2D eigenvalue weighted by molar-refractivity contribution is 5.65. The second-order valence-corrected chi connectivity index (χ2v) is 3.39. The van der Waals surface area contributed by atoms with Crippen LogP contribution >= 0.6 is 0 Å². The quantitative estimate of drug-likeness (QED) is 0.413. The summed E-state index contributed by atoms with van der Waals surface area (Å²) in [5.74, 6) is -1.25. The maximum absolute atomic E-state index is 13.0. The molecule has 0 fully saturated rings. The molecule has 0 atom stereocenters. The summed E-state index contributed by atoms with van der Waals surface area (Å²) in [6.07, 6.45) is 0. The zero-order chi connectivity index (χ0) is 12.3. The molecular weight excluding hydrogens is 224 g/mol. The topological polar surface area (TPSA) is 48.8 Å². The van der Waals surface area contributed by atoms with Gasteiger partial charge in [-0.1, -0.05) is 29.4 Å². The fourth-order valence-electron chi connectivity index (χ4n) is 1.49. The van der Waals surface area contributed by atoms with Gasteiger partial charge in [-0.3, -0.25) is 0 Å². The Kier molecular flexibility index (Phi) is 3.03. The SMILES string of the molecule is [N-]=[N+]=Nc1ccc(-c2cc(F)cc(F)c2)cc1. The largest absolute Gasteiger partial charge is 0.207 e. The van der Waals surface area contributed by atoms with Gasteiger partial charge in [-0.25, -0.2) is 8.78 Å². The first kappa shape index (κ1) is 11.1. The Morgan fingerprint density at radius 2 is 1.47 bits per heavy atom. The van der Waals surface area contributed by atoms with E-state index in [9.17, 15) is 8.78 Å². The van der Waals surface area contributed by atoms with Gasteiger partial charge in [0.1, 0.15) is 11.6 Å². The number of benzene rings is 2. The van der Waals surface area contributed by atoms with Crippen molar-refractivity contribution in [2.45, 2.75) is 0 Å². The first-order chi connectivity index (χ1) is 8.19. The average molecular weight is 231 g/mol. The molecule has 17 heavy (non-hydrogen) atoms. The van der Waals surface area contributed by atoms with Crippen molar-refractivity contribution in [3.8, 4) is 11.1 Å². The van der Waals surface area contributed by atoms with E-state index in [4.69, 9.17) is 5.53 Å². The molecule has 0 aliphatic rings. The van der Waals surface area contributed by atoms with Crippen LogP contribution in [0, 0.1) is 11.6 Å². The van der Waals surface area contributed by atoms with Crippen molar-refractivity contribution in [3.05, 3.63) is 64.5 Å². The van der Waals surface area contributed by atoms with Crippen LogP contribution in [0.25, 0.3) is 21.6 Å². The van der Waals surface area contributed by atoms with Gasteiger partial charge in [0, 0.05) is 16.7 Å². The number of hydrogen-bond donors (Lipinski definition) is 0. The third-order valence-electron chi connectivity index (χ3n) is 2.22. The van der Waals surface area contributed by atoms with Gasteiger partial charge in [0.05, 0.1) is 0 Å². The van der Waals surface area contributed by atoms with Crippen molar-refractivity contribution < 1.29 is 8.78 Å². The van der Waals surface area contributed by atoms with Gasteiger partial charge in [0.2, 0.25) is 0 Å². The van der Waals surface area contributed by atoms with Crippen molar-refractivity contribution in [2.24, 2.45) is 5.11 Å². The van der Waals surface area contributed by atoms with E-state index in [2.05, 4.69) is 10.0 Å². The smallest absolute Gasteiger partial charge is 0.126 e. The molecular formula is C12H7F2N3. The summed E-state index contributed by atoms with van der Waals surface area (Å²) in [6, 6.07) is 9.74. The van der Waals surface area contributed by atoms with E-state index in [-0.39, 0.29) is 0 Å². The molecule has 2 aromatic carbocycles. The van der Waals surface area contributed by atoms with Crippen LogP contribution < -0.4 is 0 Å². The summed E-state index contributed by atoms with van der Waals surface area (Å²) in [7, 11) is 0. The number of hydrogen-bond acceptors (Lipinski definition) is 1. The van der Waals surface area contributed by atoms with Gasteiger partial charge in [0.15, 0.2) is 0 Å². The van der Waals surface area contributed by atoms with Crippen molar-refractivity contribution in [3.63, 3.8) is 0 Å². The monoisotopic (exact) mass is 231 g/mol. The van der Waals surface area contributed by atoms with Gasteiger partial charge < -0.3 is 0 Å². The van der Waals surface area contributed by atoms with Crippen LogP contribution in [0.1, 0.15) is 0 Å². The first-order valence-electron chi connectivity index (χ1n) is 4.80. The third-order valence-corrected chi connectivity index (χ3v) is 2.22. The Bertz CT molecular complexity index is 567. The lowest BCUT2D eigenvalue weighted by Gasteiger charge is -2.02. The van der Waals surface area contributed by atoms with Crippen LogP contribution in [0.2, 0.25) is 0 Å². The molecule has 2 rings (SSSR count). The molecule has 0 bridgehead atoms. The molecule has 0 aliphatic heterocycles. The Morgan fingerprint density at radius 3 is 2.00 bits per heavy atom. The van der Waals surface area contributed by atoms with E-state index < -0.39 is 11.6 Å². The highest BCUT2D eigenvalue weighted by Gasteiger charge is 2.02. The molecule has 0 unspecified atom stereocenters. The molecule has 0 saturated heterocycles. The fraction of sp³-hybridized carbons (Fsp3) is 0. The number of nitrogens with zero attached hydrogens (tertiary/aromatic N) is 3. The van der Waals surface area contributed by atoms with Crippen molar-refractivity contribution in [1.29, 1.82) is 0 Å². The Balaban J connectivity index is 2.42. The molecule has 3 nitrogen and oxygen atoms in total. The summed E-state index contributed by atoms with van der Waals surface area (Å²) >= 11 is 0. The second kappa shape index (κ2) is 4.63. The molecule has 0 saturated carbocycles. The standard InChI is InChI=1S/C12H7F2N3/c13-10-5-9(6-11(14)7-10)8-1-3-12(4-2-8)16-17-15/h1-7H. The second-order valence-electron chi connectivity index (χ2n) is 3.39. The van der Waals surface area contributed by atoms with Crippen LogP contribution in [0.3, 0.4) is 0 Å². The third kappa shape index (κ3) is 2.59. The highest BCUT2D eigenvalue weighted by atomic mass is 19.1. The van der Waals surface area contributed by atoms with Crippen molar-refractivity contribution in [2.75, 3.05) is 0 Å². The maximum atomic E-state index is 13.0. The molecule has 0 spiro atoms. The van der Waals surface area contributed by atoms with Gasteiger partial charge >= 0.3 is 0 Å². The minimum atomic E-state index is -0.626. The molecule has 0 heterocycles. The number of rotatable bonds is 2. The van der Waals surface area contributed by atoms with E-state index in [0.717, 1.165) is 6.07 Å². The lowest BCUT2D eigenvalue weighted by Crippen LogP contribution is -1.83. The van der Waals surface area contributed by atoms with Crippen LogP contribution in [0.15, 0.2) is 47.6 Å². The summed E-state index contributed by atoms with van der Waals surface area (Å²) in [5.41, 5.74) is 9.78. The van der Waals surface area contributed by atoms with Gasteiger partial charge in [-0.15, -0.1) is 0 Å². The van der Waals surface area contributed by atoms with E-state index in [1.807, 2.05) is 0 Å². The van der Waals surface area contributed by atoms with Gasteiger partial charge in [-0.2, -0.15) is 0 Å². The number of azide groups is 1. The Hall–Kier alpha value is -2.39. The van der Waals surface area contributed by atoms with Crippen LogP contribution in [-0.2, 0) is 0 Å². The van der Waals surface area contributed by atoms with E-state index in [1.54, 1.807) is 24.3 Å². The molecule has 0 radical (unpaired) electrons. The van der Waals surface area contributed by atoms with Crippen LogP contribution in [0.5, 0.6) is 0 Å². The van der Waals surface area contributed by atoms with E-state index in [1.165, 1.54) is 12.1 Å².